The molecule has 0 amide bonds. The van der Waals surface area contributed by atoms with Crippen LogP contribution in [0, 0.1) is 18.7 Å². The molecule has 0 saturated carbocycles. The van der Waals surface area contributed by atoms with Crippen molar-refractivity contribution in [3.8, 4) is 0 Å². The fraction of sp³-hybridized carbons (Fsp3) is 0.571. The van der Waals surface area contributed by atoms with Crippen LogP contribution < -0.4 is 10.2 Å². The van der Waals surface area contributed by atoms with Gasteiger partial charge in [-0.1, -0.05) is 13.0 Å². The lowest BCUT2D eigenvalue weighted by Crippen LogP contribution is -2.47. The summed E-state index contributed by atoms with van der Waals surface area (Å²) in [5.41, 5.74) is 1.81. The van der Waals surface area contributed by atoms with E-state index >= 15 is 0 Å². The van der Waals surface area contributed by atoms with Gasteiger partial charge in [0.25, 0.3) is 0 Å². The number of nitrogens with zero attached hydrogens (tertiary/aromatic N) is 1. The lowest BCUT2D eigenvalue weighted by Gasteiger charge is -2.38. The van der Waals surface area contributed by atoms with Crippen molar-refractivity contribution in [3.05, 3.63) is 29.6 Å². The quantitative estimate of drug-likeness (QED) is 0.849. The summed E-state index contributed by atoms with van der Waals surface area (Å²) in [4.78, 5) is 2.30. The molecule has 0 aromatic heterocycles. The smallest absolute Gasteiger partial charge is 0.128 e. The van der Waals surface area contributed by atoms with Gasteiger partial charge in [-0.25, -0.2) is 4.39 Å². The number of rotatable bonds is 2. The number of hydrogen-bond donors (Lipinski definition) is 1. The zero-order valence-electron chi connectivity index (χ0n) is 10.8. The molecule has 0 aliphatic carbocycles. The summed E-state index contributed by atoms with van der Waals surface area (Å²) >= 11 is 0. The van der Waals surface area contributed by atoms with Crippen molar-refractivity contribution >= 4 is 5.69 Å². The Hall–Kier alpha value is -1.09. The molecule has 2 rings (SSSR count). The SMILES string of the molecule is CNC1CCN(c2cccc(F)c2C)CC1C. The van der Waals surface area contributed by atoms with Gasteiger partial charge >= 0.3 is 0 Å². The van der Waals surface area contributed by atoms with Crippen LogP contribution in [0.3, 0.4) is 0 Å². The third-order valence-corrected chi connectivity index (χ3v) is 3.86. The van der Waals surface area contributed by atoms with Crippen LogP contribution in [0.1, 0.15) is 18.9 Å². The molecule has 1 aliphatic heterocycles. The van der Waals surface area contributed by atoms with Gasteiger partial charge in [-0.05, 0) is 38.4 Å². The number of benzene rings is 1. The first kappa shape index (κ1) is 12.4. The van der Waals surface area contributed by atoms with Gasteiger partial charge in [0.2, 0.25) is 0 Å². The van der Waals surface area contributed by atoms with Gasteiger partial charge in [-0.2, -0.15) is 0 Å². The minimum atomic E-state index is -0.106. The van der Waals surface area contributed by atoms with Crippen molar-refractivity contribution in [3.63, 3.8) is 0 Å². The molecule has 0 spiro atoms. The van der Waals surface area contributed by atoms with Crippen molar-refractivity contribution in [2.24, 2.45) is 5.92 Å². The van der Waals surface area contributed by atoms with Crippen LogP contribution in [0.5, 0.6) is 0 Å². The molecule has 1 fully saturated rings. The largest absolute Gasteiger partial charge is 0.371 e. The molecular formula is C14H21FN2. The predicted octanol–water partition coefficient (Wildman–Crippen LogP) is 2.57. The van der Waals surface area contributed by atoms with Crippen molar-refractivity contribution < 1.29 is 4.39 Å². The number of piperidine rings is 1. The molecule has 2 nitrogen and oxygen atoms in total. The first-order valence-electron chi connectivity index (χ1n) is 6.30. The normalized spacial score (nSPS) is 25.1. The van der Waals surface area contributed by atoms with Gasteiger partial charge < -0.3 is 10.2 Å². The summed E-state index contributed by atoms with van der Waals surface area (Å²) in [5, 5.41) is 3.35. The van der Waals surface area contributed by atoms with Crippen molar-refractivity contribution in [1.29, 1.82) is 0 Å². The van der Waals surface area contributed by atoms with E-state index in [2.05, 4.69) is 17.1 Å². The van der Waals surface area contributed by atoms with Gasteiger partial charge in [0.05, 0.1) is 0 Å². The van der Waals surface area contributed by atoms with Crippen LogP contribution >= 0.6 is 0 Å². The highest BCUT2D eigenvalue weighted by molar-refractivity contribution is 5.54. The summed E-state index contributed by atoms with van der Waals surface area (Å²) in [6.45, 7) is 6.11. The first-order chi connectivity index (χ1) is 8.13. The highest BCUT2D eigenvalue weighted by Gasteiger charge is 2.25. The van der Waals surface area contributed by atoms with E-state index in [1.807, 2.05) is 20.0 Å². The van der Waals surface area contributed by atoms with E-state index in [0.717, 1.165) is 30.8 Å². The summed E-state index contributed by atoms with van der Waals surface area (Å²) < 4.78 is 13.5. The monoisotopic (exact) mass is 236 g/mol. The molecular weight excluding hydrogens is 215 g/mol. The maximum Gasteiger partial charge on any atom is 0.128 e. The molecule has 1 saturated heterocycles. The number of nitrogens with one attached hydrogen (secondary N) is 1. The van der Waals surface area contributed by atoms with Crippen molar-refractivity contribution in [2.75, 3.05) is 25.0 Å². The summed E-state index contributed by atoms with van der Waals surface area (Å²) in [7, 11) is 2.02. The first-order valence-corrected chi connectivity index (χ1v) is 6.30. The molecule has 1 aliphatic rings. The summed E-state index contributed by atoms with van der Waals surface area (Å²) in [5.74, 6) is 0.488. The van der Waals surface area contributed by atoms with Crippen molar-refractivity contribution in [1.82, 2.24) is 5.32 Å². The van der Waals surface area contributed by atoms with E-state index < -0.39 is 0 Å². The molecule has 94 valence electrons. The predicted molar refractivity (Wildman–Crippen MR) is 70.0 cm³/mol. The second-order valence-corrected chi connectivity index (χ2v) is 4.99. The summed E-state index contributed by atoms with van der Waals surface area (Å²) in [6, 6.07) is 5.93. The Labute approximate surface area is 103 Å². The molecule has 3 heteroatoms. The topological polar surface area (TPSA) is 15.3 Å². The van der Waals surface area contributed by atoms with E-state index in [1.54, 1.807) is 6.07 Å². The van der Waals surface area contributed by atoms with Gasteiger partial charge in [-0.3, -0.25) is 0 Å². The van der Waals surface area contributed by atoms with Crippen LogP contribution in [0.25, 0.3) is 0 Å². The molecule has 0 radical (unpaired) electrons. The van der Waals surface area contributed by atoms with Gasteiger partial charge in [-0.15, -0.1) is 0 Å². The van der Waals surface area contributed by atoms with Crippen LogP contribution in [0.2, 0.25) is 0 Å². The molecule has 2 unspecified atom stereocenters. The molecule has 1 aromatic carbocycles. The van der Waals surface area contributed by atoms with Crippen LogP contribution in [0.4, 0.5) is 10.1 Å². The Balaban J connectivity index is 2.16. The van der Waals surface area contributed by atoms with Gasteiger partial charge in [0, 0.05) is 30.4 Å². The number of anilines is 1. The zero-order chi connectivity index (χ0) is 12.4. The Morgan fingerprint density at radius 3 is 2.82 bits per heavy atom. The highest BCUT2D eigenvalue weighted by Crippen LogP contribution is 2.27. The molecule has 0 bridgehead atoms. The Morgan fingerprint density at radius 1 is 1.41 bits per heavy atom. The minimum absolute atomic E-state index is 0.106. The molecule has 1 aromatic rings. The fourth-order valence-electron chi connectivity index (χ4n) is 2.73. The number of halogens is 1. The van der Waals surface area contributed by atoms with Crippen LogP contribution in [-0.2, 0) is 0 Å². The van der Waals surface area contributed by atoms with Gasteiger partial charge in [0.1, 0.15) is 5.82 Å². The Bertz CT molecular complexity index is 392. The van der Waals surface area contributed by atoms with Crippen LogP contribution in [-0.4, -0.2) is 26.2 Å². The Kier molecular flexibility index (Phi) is 3.67. The van der Waals surface area contributed by atoms with E-state index in [-0.39, 0.29) is 5.82 Å². The number of hydrogen-bond acceptors (Lipinski definition) is 2. The third kappa shape index (κ3) is 2.44. The lowest BCUT2D eigenvalue weighted by molar-refractivity contribution is 0.338. The van der Waals surface area contributed by atoms with Crippen LogP contribution in [0.15, 0.2) is 18.2 Å². The third-order valence-electron chi connectivity index (χ3n) is 3.86. The van der Waals surface area contributed by atoms with E-state index in [4.69, 9.17) is 0 Å². The maximum absolute atomic E-state index is 13.5. The maximum atomic E-state index is 13.5. The standard InChI is InChI=1S/C14H21FN2/c1-10-9-17(8-7-13(10)16-3)14-6-4-5-12(15)11(14)2/h4-6,10,13,16H,7-9H2,1-3H3. The highest BCUT2D eigenvalue weighted by atomic mass is 19.1. The molecule has 17 heavy (non-hydrogen) atoms. The van der Waals surface area contributed by atoms with Crippen molar-refractivity contribution in [2.45, 2.75) is 26.3 Å². The van der Waals surface area contributed by atoms with E-state index in [0.29, 0.717) is 12.0 Å². The minimum Gasteiger partial charge on any atom is -0.371 e. The second-order valence-electron chi connectivity index (χ2n) is 4.99. The van der Waals surface area contributed by atoms with E-state index in [9.17, 15) is 4.39 Å². The average molecular weight is 236 g/mol. The second kappa shape index (κ2) is 5.05. The average Bonchev–Trinajstić information content (AvgIpc) is 2.32. The zero-order valence-corrected chi connectivity index (χ0v) is 10.8. The van der Waals surface area contributed by atoms with E-state index in [1.165, 1.54) is 6.07 Å². The molecule has 1 heterocycles. The molecule has 2 atom stereocenters. The lowest BCUT2D eigenvalue weighted by atomic mass is 9.93. The Morgan fingerprint density at radius 2 is 2.18 bits per heavy atom. The van der Waals surface area contributed by atoms with Gasteiger partial charge in [0.15, 0.2) is 0 Å². The summed E-state index contributed by atoms with van der Waals surface area (Å²) in [6.07, 6.45) is 1.12. The molecule has 1 N–H and O–H groups in total. The fourth-order valence-corrected chi connectivity index (χ4v) is 2.73.